The lowest BCUT2D eigenvalue weighted by atomic mass is 10.7. The normalized spacial score (nSPS) is 9.44. The number of aromatic amines is 1. The van der Waals surface area contributed by atoms with Gasteiger partial charge in [0.25, 0.3) is 0 Å². The molecule has 0 unspecified atom stereocenters. The van der Waals surface area contributed by atoms with Gasteiger partial charge in [-0.15, -0.1) is 5.10 Å². The molecule has 1 radical (unpaired) electrons. The van der Waals surface area contributed by atoms with Crippen LogP contribution < -0.4 is 11.1 Å². The van der Waals surface area contributed by atoms with Crippen molar-refractivity contribution in [1.82, 2.24) is 15.2 Å². The molecule has 9 heavy (non-hydrogen) atoms. The molecule has 5 heteroatoms. The molecule has 0 aliphatic carbocycles. The Morgan fingerprint density at radius 1 is 1.78 bits per heavy atom. The van der Waals surface area contributed by atoms with Crippen molar-refractivity contribution in [2.75, 3.05) is 17.6 Å². The van der Waals surface area contributed by atoms with Crippen molar-refractivity contribution >= 4 is 11.9 Å². The largest absolute Gasteiger partial charge is 0.368 e. The van der Waals surface area contributed by atoms with Crippen molar-refractivity contribution in [1.29, 1.82) is 0 Å². The van der Waals surface area contributed by atoms with E-state index in [0.29, 0.717) is 18.4 Å². The SMILES string of the molecule is [CH2]CNc1n[nH]c(N)n1. The Morgan fingerprint density at radius 2 is 2.56 bits per heavy atom. The molecule has 0 aromatic carbocycles. The summed E-state index contributed by atoms with van der Waals surface area (Å²) in [5, 5.41) is 8.96. The number of nitrogens with two attached hydrogens (primary N) is 1. The Hall–Kier alpha value is -1.26. The van der Waals surface area contributed by atoms with Crippen LogP contribution >= 0.6 is 0 Å². The summed E-state index contributed by atoms with van der Waals surface area (Å²) in [4.78, 5) is 3.76. The third kappa shape index (κ3) is 1.31. The Balaban J connectivity index is 2.61. The maximum Gasteiger partial charge on any atom is 0.243 e. The molecule has 1 aromatic rings. The highest BCUT2D eigenvalue weighted by Crippen LogP contribution is 1.96. The lowest BCUT2D eigenvalue weighted by Crippen LogP contribution is -1.98. The van der Waals surface area contributed by atoms with E-state index in [2.05, 4.69) is 27.4 Å². The number of nitrogen functional groups attached to an aromatic ring is 1. The van der Waals surface area contributed by atoms with Gasteiger partial charge in [0.1, 0.15) is 0 Å². The zero-order valence-corrected chi connectivity index (χ0v) is 4.89. The molecule has 1 rings (SSSR count). The van der Waals surface area contributed by atoms with Gasteiger partial charge >= 0.3 is 0 Å². The monoisotopic (exact) mass is 126 g/mol. The van der Waals surface area contributed by atoms with E-state index in [1.807, 2.05) is 0 Å². The van der Waals surface area contributed by atoms with Crippen molar-refractivity contribution in [3.8, 4) is 0 Å². The summed E-state index contributed by atoms with van der Waals surface area (Å²) in [5.41, 5.74) is 5.22. The van der Waals surface area contributed by atoms with Crippen LogP contribution in [0.15, 0.2) is 0 Å². The van der Waals surface area contributed by atoms with Crippen molar-refractivity contribution < 1.29 is 0 Å². The van der Waals surface area contributed by atoms with Crippen LogP contribution in [0.2, 0.25) is 0 Å². The fourth-order valence-corrected chi connectivity index (χ4v) is 0.465. The second-order valence-electron chi connectivity index (χ2n) is 1.47. The van der Waals surface area contributed by atoms with E-state index in [9.17, 15) is 0 Å². The molecular weight excluding hydrogens is 118 g/mol. The van der Waals surface area contributed by atoms with Crippen LogP contribution in [-0.2, 0) is 0 Å². The summed E-state index contributed by atoms with van der Waals surface area (Å²) >= 11 is 0. The first-order chi connectivity index (χ1) is 4.33. The maximum absolute atomic E-state index is 5.22. The van der Waals surface area contributed by atoms with Gasteiger partial charge in [-0.05, 0) is 6.92 Å². The summed E-state index contributed by atoms with van der Waals surface area (Å²) < 4.78 is 0. The van der Waals surface area contributed by atoms with Crippen molar-refractivity contribution in [2.24, 2.45) is 0 Å². The summed E-state index contributed by atoms with van der Waals surface area (Å²) in [5.74, 6) is 0.799. The van der Waals surface area contributed by atoms with Gasteiger partial charge in [0, 0.05) is 6.54 Å². The molecule has 4 N–H and O–H groups in total. The molecule has 49 valence electrons. The van der Waals surface area contributed by atoms with Gasteiger partial charge < -0.3 is 11.1 Å². The molecule has 0 spiro atoms. The van der Waals surface area contributed by atoms with Crippen LogP contribution in [0.3, 0.4) is 0 Å². The number of aromatic nitrogens is 3. The molecule has 0 amide bonds. The van der Waals surface area contributed by atoms with Crippen LogP contribution in [-0.4, -0.2) is 21.7 Å². The molecule has 0 saturated heterocycles. The van der Waals surface area contributed by atoms with Crippen LogP contribution in [0.4, 0.5) is 11.9 Å². The fourth-order valence-electron chi connectivity index (χ4n) is 0.465. The smallest absolute Gasteiger partial charge is 0.243 e. The molecule has 0 atom stereocenters. The number of anilines is 2. The summed E-state index contributed by atoms with van der Waals surface area (Å²) in [6.07, 6.45) is 0. The number of hydrogen-bond donors (Lipinski definition) is 3. The number of hydrogen-bond acceptors (Lipinski definition) is 4. The van der Waals surface area contributed by atoms with Gasteiger partial charge in [0.2, 0.25) is 11.9 Å². The molecule has 1 heterocycles. The quantitative estimate of drug-likeness (QED) is 0.505. The maximum atomic E-state index is 5.22. The number of H-pyrrole nitrogens is 1. The summed E-state index contributed by atoms with van der Waals surface area (Å²) in [6, 6.07) is 0. The van der Waals surface area contributed by atoms with Gasteiger partial charge in [-0.3, -0.25) is 0 Å². The average molecular weight is 126 g/mol. The Labute approximate surface area is 52.7 Å². The van der Waals surface area contributed by atoms with E-state index in [-0.39, 0.29) is 0 Å². The predicted octanol–water partition coefficient (Wildman–Crippen LogP) is -0.367. The zero-order valence-electron chi connectivity index (χ0n) is 4.89. The number of rotatable bonds is 2. The van der Waals surface area contributed by atoms with Crippen LogP contribution in [0.5, 0.6) is 0 Å². The molecule has 5 nitrogen and oxygen atoms in total. The van der Waals surface area contributed by atoms with Gasteiger partial charge in [-0.25, -0.2) is 5.10 Å². The molecule has 0 fully saturated rings. The average Bonchev–Trinajstić information content (AvgIpc) is 2.17. The Bertz CT molecular complexity index is 181. The van der Waals surface area contributed by atoms with Gasteiger partial charge in [-0.1, -0.05) is 0 Å². The molecule has 1 aromatic heterocycles. The first-order valence-electron chi connectivity index (χ1n) is 2.54. The summed E-state index contributed by atoms with van der Waals surface area (Å²) in [6.45, 7) is 4.10. The highest BCUT2D eigenvalue weighted by molar-refractivity contribution is 5.29. The standard InChI is InChI=1S/C4H8N5/c1-2-6-4-7-3(5)8-9-4/h1-2H2,(H4,5,6,7,8,9). The minimum atomic E-state index is 0.311. The van der Waals surface area contributed by atoms with Crippen LogP contribution in [0.1, 0.15) is 0 Å². The third-order valence-electron chi connectivity index (χ3n) is 0.786. The second-order valence-corrected chi connectivity index (χ2v) is 1.47. The van der Waals surface area contributed by atoms with E-state index < -0.39 is 0 Å². The highest BCUT2D eigenvalue weighted by Gasteiger charge is 1.93. The molecule has 0 aliphatic heterocycles. The zero-order chi connectivity index (χ0) is 6.69. The van der Waals surface area contributed by atoms with E-state index in [1.165, 1.54) is 0 Å². The van der Waals surface area contributed by atoms with E-state index >= 15 is 0 Å². The second kappa shape index (κ2) is 2.34. The molecule has 0 saturated carbocycles. The van der Waals surface area contributed by atoms with Crippen LogP contribution in [0.25, 0.3) is 0 Å². The van der Waals surface area contributed by atoms with E-state index in [1.54, 1.807) is 0 Å². The fraction of sp³-hybridized carbons (Fsp3) is 0.250. The van der Waals surface area contributed by atoms with E-state index in [0.717, 1.165) is 0 Å². The number of nitrogens with one attached hydrogen (secondary N) is 2. The topological polar surface area (TPSA) is 79.6 Å². The van der Waals surface area contributed by atoms with Crippen LogP contribution in [0, 0.1) is 6.92 Å². The van der Waals surface area contributed by atoms with Gasteiger partial charge in [0.05, 0.1) is 0 Å². The minimum absolute atomic E-state index is 0.311. The molecular formula is C4H8N5. The van der Waals surface area contributed by atoms with Crippen molar-refractivity contribution in [3.63, 3.8) is 0 Å². The molecule has 0 bridgehead atoms. The van der Waals surface area contributed by atoms with Crippen molar-refractivity contribution in [2.45, 2.75) is 0 Å². The summed E-state index contributed by atoms with van der Waals surface area (Å²) in [7, 11) is 0. The predicted molar refractivity (Wildman–Crippen MR) is 34.6 cm³/mol. The lowest BCUT2D eigenvalue weighted by molar-refractivity contribution is 1.08. The minimum Gasteiger partial charge on any atom is -0.368 e. The Morgan fingerprint density at radius 3 is 3.00 bits per heavy atom. The van der Waals surface area contributed by atoms with Crippen molar-refractivity contribution in [3.05, 3.63) is 6.92 Å². The van der Waals surface area contributed by atoms with E-state index in [4.69, 9.17) is 5.73 Å². The van der Waals surface area contributed by atoms with Gasteiger partial charge in [-0.2, -0.15) is 4.98 Å². The number of nitrogens with zero attached hydrogens (tertiary/aromatic N) is 2. The first kappa shape index (κ1) is 5.87. The van der Waals surface area contributed by atoms with Gasteiger partial charge in [0.15, 0.2) is 0 Å². The lowest BCUT2D eigenvalue weighted by Gasteiger charge is -1.90. The molecule has 0 aliphatic rings. The first-order valence-corrected chi connectivity index (χ1v) is 2.54. The third-order valence-corrected chi connectivity index (χ3v) is 0.786. The Kier molecular flexibility index (Phi) is 1.53. The highest BCUT2D eigenvalue weighted by atomic mass is 15.3.